The van der Waals surface area contributed by atoms with Crippen LogP contribution >= 0.6 is 15.9 Å². The van der Waals surface area contributed by atoms with E-state index in [4.69, 9.17) is 0 Å². The minimum absolute atomic E-state index is 0.0580. The third-order valence-electron chi connectivity index (χ3n) is 1.67. The molecule has 0 fully saturated rings. The first-order valence-electron chi connectivity index (χ1n) is 3.70. The van der Waals surface area contributed by atoms with Crippen LogP contribution in [0.1, 0.15) is 17.4 Å². The van der Waals surface area contributed by atoms with E-state index in [9.17, 15) is 4.79 Å². The fraction of sp³-hybridized carbons (Fsp3) is 0.125. The molecule has 0 aliphatic carbocycles. The zero-order valence-electron chi connectivity index (χ0n) is 6.86. The summed E-state index contributed by atoms with van der Waals surface area (Å²) in [4.78, 5) is 15.1. The Balaban J connectivity index is 2.75. The Bertz CT molecular complexity index is 477. The molecule has 2 aromatic heterocycles. The number of halogens is 1. The maximum atomic E-state index is 11.0. The summed E-state index contributed by atoms with van der Waals surface area (Å²) in [7, 11) is 0. The third kappa shape index (κ3) is 1.35. The van der Waals surface area contributed by atoms with Gasteiger partial charge in [0.15, 0.2) is 11.4 Å². The molecule has 0 N–H and O–H groups in total. The molecule has 2 heterocycles. The fourth-order valence-electron chi connectivity index (χ4n) is 1.04. The van der Waals surface area contributed by atoms with Crippen molar-refractivity contribution in [2.45, 2.75) is 6.92 Å². The van der Waals surface area contributed by atoms with E-state index in [1.54, 1.807) is 22.8 Å². The van der Waals surface area contributed by atoms with E-state index >= 15 is 0 Å². The molecule has 0 amide bonds. The van der Waals surface area contributed by atoms with Crippen molar-refractivity contribution >= 4 is 27.4 Å². The van der Waals surface area contributed by atoms with E-state index in [0.717, 1.165) is 4.60 Å². The molecule has 0 atom stereocenters. The smallest absolute Gasteiger partial charge is 0.180 e. The summed E-state index contributed by atoms with van der Waals surface area (Å²) in [5.41, 5.74) is 1.10. The van der Waals surface area contributed by atoms with Crippen molar-refractivity contribution in [1.82, 2.24) is 14.6 Å². The lowest BCUT2D eigenvalue weighted by molar-refractivity contribution is 0.101. The number of nitrogens with zero attached hydrogens (tertiary/aromatic N) is 3. The van der Waals surface area contributed by atoms with Crippen LogP contribution in [-0.4, -0.2) is 20.4 Å². The number of ketones is 1. The Morgan fingerprint density at radius 2 is 2.38 bits per heavy atom. The minimum atomic E-state index is -0.0580. The molecule has 0 saturated heterocycles. The fourth-order valence-corrected chi connectivity index (χ4v) is 1.42. The van der Waals surface area contributed by atoms with Crippen LogP contribution in [0.4, 0.5) is 0 Å². The Morgan fingerprint density at radius 1 is 1.62 bits per heavy atom. The third-order valence-corrected chi connectivity index (χ3v) is 2.27. The van der Waals surface area contributed by atoms with Crippen LogP contribution in [0.25, 0.3) is 5.65 Å². The first kappa shape index (κ1) is 8.37. The molecule has 66 valence electrons. The summed E-state index contributed by atoms with van der Waals surface area (Å²) in [5, 5.41) is 4.07. The predicted octanol–water partition coefficient (Wildman–Crippen LogP) is 1.69. The number of rotatable bonds is 1. The van der Waals surface area contributed by atoms with Gasteiger partial charge in [0.2, 0.25) is 0 Å². The number of Topliss-reactive ketones (excluding diaryl/α,β-unsaturated/α-hetero) is 1. The molecule has 0 aliphatic rings. The Hall–Kier alpha value is -1.23. The van der Waals surface area contributed by atoms with Crippen molar-refractivity contribution in [3.63, 3.8) is 0 Å². The summed E-state index contributed by atoms with van der Waals surface area (Å²) >= 11 is 3.31. The summed E-state index contributed by atoms with van der Waals surface area (Å²) in [6.07, 6.45) is 1.66. The maximum Gasteiger partial charge on any atom is 0.180 e. The zero-order valence-corrected chi connectivity index (χ0v) is 8.45. The van der Waals surface area contributed by atoms with E-state index in [2.05, 4.69) is 26.0 Å². The lowest BCUT2D eigenvalue weighted by Gasteiger charge is -1.92. The number of carbonyl (C=O) groups is 1. The number of fused-ring (bicyclic) bond motifs is 1. The molecule has 2 aromatic rings. The maximum absolute atomic E-state index is 11.0. The van der Waals surface area contributed by atoms with E-state index in [1.807, 2.05) is 0 Å². The quantitative estimate of drug-likeness (QED) is 0.563. The highest BCUT2D eigenvalue weighted by Gasteiger charge is 2.07. The van der Waals surface area contributed by atoms with Crippen LogP contribution in [0, 0.1) is 0 Å². The molecule has 0 aromatic carbocycles. The molecule has 2 rings (SSSR count). The van der Waals surface area contributed by atoms with Crippen LogP contribution in [0.15, 0.2) is 22.9 Å². The van der Waals surface area contributed by atoms with Gasteiger partial charge < -0.3 is 0 Å². The second kappa shape index (κ2) is 2.92. The Labute approximate surface area is 82.7 Å². The molecule has 0 radical (unpaired) electrons. The first-order valence-corrected chi connectivity index (χ1v) is 4.49. The SMILES string of the molecule is CC(=O)c1cc2nccc(Br)n2n1. The highest BCUT2D eigenvalue weighted by Crippen LogP contribution is 2.11. The van der Waals surface area contributed by atoms with Crippen molar-refractivity contribution in [2.75, 3.05) is 0 Å². The summed E-state index contributed by atoms with van der Waals surface area (Å²) in [6.45, 7) is 1.48. The second-order valence-corrected chi connectivity index (χ2v) is 3.44. The van der Waals surface area contributed by atoms with E-state index in [-0.39, 0.29) is 5.78 Å². The summed E-state index contributed by atoms with van der Waals surface area (Å²) in [6, 6.07) is 3.43. The lowest BCUT2D eigenvalue weighted by atomic mass is 10.3. The largest absolute Gasteiger partial charge is 0.293 e. The van der Waals surface area contributed by atoms with Crippen molar-refractivity contribution in [3.05, 3.63) is 28.6 Å². The first-order chi connectivity index (χ1) is 6.18. The predicted molar refractivity (Wildman–Crippen MR) is 50.7 cm³/mol. The minimum Gasteiger partial charge on any atom is -0.293 e. The molecular weight excluding hydrogens is 234 g/mol. The monoisotopic (exact) mass is 239 g/mol. The lowest BCUT2D eigenvalue weighted by Crippen LogP contribution is -1.95. The second-order valence-electron chi connectivity index (χ2n) is 2.62. The van der Waals surface area contributed by atoms with E-state index < -0.39 is 0 Å². The van der Waals surface area contributed by atoms with Gasteiger partial charge in [-0.15, -0.1) is 0 Å². The molecule has 0 bridgehead atoms. The molecule has 4 nitrogen and oxygen atoms in total. The van der Waals surface area contributed by atoms with E-state index in [1.165, 1.54) is 6.92 Å². The van der Waals surface area contributed by atoms with Gasteiger partial charge in [-0.1, -0.05) is 0 Å². The molecule has 0 aliphatic heterocycles. The topological polar surface area (TPSA) is 47.3 Å². The standard InChI is InChI=1S/C8H6BrN3O/c1-5(13)6-4-8-10-3-2-7(9)12(8)11-6/h2-4H,1H3. The zero-order chi connectivity index (χ0) is 9.42. The average Bonchev–Trinajstić information content (AvgIpc) is 2.49. The van der Waals surface area contributed by atoms with Gasteiger partial charge in [-0.2, -0.15) is 5.10 Å². The van der Waals surface area contributed by atoms with Gasteiger partial charge in [-0.25, -0.2) is 9.50 Å². The number of carbonyl (C=O) groups excluding carboxylic acids is 1. The van der Waals surface area contributed by atoms with Gasteiger partial charge in [0.1, 0.15) is 10.3 Å². The average molecular weight is 240 g/mol. The van der Waals surface area contributed by atoms with Crippen molar-refractivity contribution < 1.29 is 4.79 Å². The van der Waals surface area contributed by atoms with Crippen molar-refractivity contribution in [2.24, 2.45) is 0 Å². The van der Waals surface area contributed by atoms with Gasteiger partial charge in [-0.05, 0) is 22.0 Å². The summed E-state index contributed by atoms with van der Waals surface area (Å²) < 4.78 is 2.36. The number of aromatic nitrogens is 3. The Morgan fingerprint density at radius 3 is 3.00 bits per heavy atom. The highest BCUT2D eigenvalue weighted by atomic mass is 79.9. The molecule has 0 unspecified atom stereocenters. The van der Waals surface area contributed by atoms with Gasteiger partial charge in [0, 0.05) is 19.2 Å². The van der Waals surface area contributed by atoms with Gasteiger partial charge >= 0.3 is 0 Å². The number of hydrogen-bond donors (Lipinski definition) is 0. The molecule has 0 saturated carbocycles. The normalized spacial score (nSPS) is 10.6. The van der Waals surface area contributed by atoms with Crippen molar-refractivity contribution in [3.8, 4) is 0 Å². The molecule has 0 spiro atoms. The summed E-state index contributed by atoms with van der Waals surface area (Å²) in [5.74, 6) is -0.0580. The van der Waals surface area contributed by atoms with Crippen LogP contribution in [0.3, 0.4) is 0 Å². The molecule has 5 heteroatoms. The van der Waals surface area contributed by atoms with Gasteiger partial charge in [0.25, 0.3) is 0 Å². The molecule has 13 heavy (non-hydrogen) atoms. The van der Waals surface area contributed by atoms with Gasteiger partial charge in [0.05, 0.1) is 0 Å². The van der Waals surface area contributed by atoms with Crippen LogP contribution < -0.4 is 0 Å². The van der Waals surface area contributed by atoms with Crippen LogP contribution in [-0.2, 0) is 0 Å². The number of hydrogen-bond acceptors (Lipinski definition) is 3. The Kier molecular flexibility index (Phi) is 1.88. The molecular formula is C8H6BrN3O. The van der Waals surface area contributed by atoms with Gasteiger partial charge in [-0.3, -0.25) is 4.79 Å². The van der Waals surface area contributed by atoms with Crippen molar-refractivity contribution in [1.29, 1.82) is 0 Å². The highest BCUT2D eigenvalue weighted by molar-refractivity contribution is 9.10. The van der Waals surface area contributed by atoms with E-state index in [0.29, 0.717) is 11.3 Å². The van der Waals surface area contributed by atoms with Crippen LogP contribution in [0.5, 0.6) is 0 Å². The van der Waals surface area contributed by atoms with Crippen LogP contribution in [0.2, 0.25) is 0 Å².